The number of para-hydroxylation sites is 1. The third-order valence-corrected chi connectivity index (χ3v) is 4.52. The third-order valence-electron chi connectivity index (χ3n) is 4.52. The van der Waals surface area contributed by atoms with Crippen LogP contribution in [0.25, 0.3) is 0 Å². The van der Waals surface area contributed by atoms with Gasteiger partial charge in [-0.25, -0.2) is 0 Å². The Morgan fingerprint density at radius 2 is 1.76 bits per heavy atom. The third kappa shape index (κ3) is 4.85. The molecule has 0 radical (unpaired) electrons. The maximum absolute atomic E-state index is 12.8. The second-order valence-corrected chi connectivity index (χ2v) is 6.85. The topological polar surface area (TPSA) is 72.5 Å². The maximum Gasteiger partial charge on any atom is 0.257 e. The van der Waals surface area contributed by atoms with Crippen molar-refractivity contribution in [2.75, 3.05) is 24.9 Å². The van der Waals surface area contributed by atoms with Crippen LogP contribution in [0, 0.1) is 0 Å². The number of pyridine rings is 1. The van der Waals surface area contributed by atoms with Crippen LogP contribution in [0.3, 0.4) is 0 Å². The highest BCUT2D eigenvalue weighted by Crippen LogP contribution is 2.30. The Bertz CT molecular complexity index is 1000. The summed E-state index contributed by atoms with van der Waals surface area (Å²) >= 11 is 0. The molecule has 6 nitrogen and oxygen atoms in total. The van der Waals surface area contributed by atoms with Gasteiger partial charge in [-0.15, -0.1) is 0 Å². The molecule has 0 atom stereocenters. The van der Waals surface area contributed by atoms with Crippen molar-refractivity contribution in [2.24, 2.45) is 0 Å². The van der Waals surface area contributed by atoms with Crippen LogP contribution in [0.4, 0.5) is 17.1 Å². The van der Waals surface area contributed by atoms with Gasteiger partial charge in [0.1, 0.15) is 11.5 Å². The van der Waals surface area contributed by atoms with Crippen LogP contribution in [-0.2, 0) is 0 Å². The minimum absolute atomic E-state index is 0.287. The average molecular weight is 391 g/mol. The molecule has 0 bridgehead atoms. The van der Waals surface area contributed by atoms with E-state index in [1.807, 2.05) is 18.2 Å². The molecule has 3 aromatic rings. The molecule has 0 saturated heterocycles. The lowest BCUT2D eigenvalue weighted by Gasteiger charge is -2.15. The molecule has 0 aliphatic carbocycles. The summed E-state index contributed by atoms with van der Waals surface area (Å²) in [5.41, 5.74) is 3.89. The van der Waals surface area contributed by atoms with Gasteiger partial charge in [-0.1, -0.05) is 32.0 Å². The average Bonchev–Trinajstić information content (AvgIpc) is 2.74. The second kappa shape index (κ2) is 9.10. The summed E-state index contributed by atoms with van der Waals surface area (Å²) in [4.78, 5) is 17.0. The molecule has 29 heavy (non-hydrogen) atoms. The molecule has 0 spiro atoms. The van der Waals surface area contributed by atoms with Gasteiger partial charge in [0.25, 0.3) is 5.91 Å². The summed E-state index contributed by atoms with van der Waals surface area (Å²) in [6.07, 6.45) is 3.22. The fraction of sp³-hybridized carbons (Fsp3) is 0.217. The van der Waals surface area contributed by atoms with E-state index in [-0.39, 0.29) is 5.91 Å². The molecule has 3 rings (SSSR count). The Labute approximate surface area is 170 Å². The Balaban J connectivity index is 1.82. The summed E-state index contributed by atoms with van der Waals surface area (Å²) < 4.78 is 10.5. The fourth-order valence-corrected chi connectivity index (χ4v) is 3.01. The summed E-state index contributed by atoms with van der Waals surface area (Å²) in [5, 5.41) is 6.23. The standard InChI is InChI=1S/C23H25N3O3/c1-15(2)19-7-5-6-8-20(19)25-17-11-16(13-24-14-17)23(27)26-21-12-18(28-3)9-10-22(21)29-4/h5-15,25H,1-4H3,(H,26,27). The van der Waals surface area contributed by atoms with Crippen molar-refractivity contribution in [1.29, 1.82) is 0 Å². The lowest BCUT2D eigenvalue weighted by molar-refractivity contribution is 0.102. The predicted octanol–water partition coefficient (Wildman–Crippen LogP) is 5.22. The quantitative estimate of drug-likeness (QED) is 0.578. The van der Waals surface area contributed by atoms with Crippen molar-refractivity contribution >= 4 is 23.0 Å². The van der Waals surface area contributed by atoms with Crippen molar-refractivity contribution in [3.8, 4) is 11.5 Å². The number of amides is 1. The zero-order valence-electron chi connectivity index (χ0n) is 17.0. The van der Waals surface area contributed by atoms with E-state index in [4.69, 9.17) is 9.47 Å². The van der Waals surface area contributed by atoms with Gasteiger partial charge in [0.05, 0.1) is 37.4 Å². The highest BCUT2D eigenvalue weighted by Gasteiger charge is 2.13. The Morgan fingerprint density at radius 3 is 2.48 bits per heavy atom. The minimum atomic E-state index is -0.287. The maximum atomic E-state index is 12.8. The molecule has 1 aromatic heterocycles. The van der Waals surface area contributed by atoms with Crippen LogP contribution in [0.5, 0.6) is 11.5 Å². The highest BCUT2D eigenvalue weighted by molar-refractivity contribution is 6.05. The van der Waals surface area contributed by atoms with E-state index < -0.39 is 0 Å². The van der Waals surface area contributed by atoms with E-state index >= 15 is 0 Å². The van der Waals surface area contributed by atoms with Gasteiger partial charge in [-0.3, -0.25) is 9.78 Å². The largest absolute Gasteiger partial charge is 0.497 e. The number of hydrogen-bond donors (Lipinski definition) is 2. The van der Waals surface area contributed by atoms with Gasteiger partial charge >= 0.3 is 0 Å². The van der Waals surface area contributed by atoms with E-state index in [9.17, 15) is 4.79 Å². The molecule has 0 fully saturated rings. The molecule has 2 N–H and O–H groups in total. The minimum Gasteiger partial charge on any atom is -0.497 e. The summed E-state index contributed by atoms with van der Waals surface area (Å²) in [6, 6.07) is 15.1. The van der Waals surface area contributed by atoms with Crippen LogP contribution in [0.15, 0.2) is 60.9 Å². The Morgan fingerprint density at radius 1 is 0.966 bits per heavy atom. The molecule has 0 saturated carbocycles. The van der Waals surface area contributed by atoms with Crippen molar-refractivity contribution < 1.29 is 14.3 Å². The highest BCUT2D eigenvalue weighted by atomic mass is 16.5. The molecule has 2 aromatic carbocycles. The number of benzene rings is 2. The van der Waals surface area contributed by atoms with Crippen molar-refractivity contribution in [3.05, 3.63) is 72.1 Å². The number of nitrogens with zero attached hydrogens (tertiary/aromatic N) is 1. The molecule has 150 valence electrons. The van der Waals surface area contributed by atoms with E-state index in [0.717, 1.165) is 11.4 Å². The number of nitrogens with one attached hydrogen (secondary N) is 2. The van der Waals surface area contributed by atoms with Crippen LogP contribution in [0.2, 0.25) is 0 Å². The van der Waals surface area contributed by atoms with Crippen LogP contribution >= 0.6 is 0 Å². The number of methoxy groups -OCH3 is 2. The van der Waals surface area contributed by atoms with Gasteiger partial charge in [0.2, 0.25) is 0 Å². The molecule has 0 aliphatic heterocycles. The number of rotatable bonds is 7. The molecular weight excluding hydrogens is 366 g/mol. The first-order valence-electron chi connectivity index (χ1n) is 9.36. The molecule has 1 amide bonds. The normalized spacial score (nSPS) is 10.5. The van der Waals surface area contributed by atoms with Crippen LogP contribution in [-0.4, -0.2) is 25.1 Å². The first-order chi connectivity index (χ1) is 14.0. The van der Waals surface area contributed by atoms with E-state index in [1.54, 1.807) is 44.7 Å². The van der Waals surface area contributed by atoms with E-state index in [2.05, 4.69) is 35.5 Å². The lowest BCUT2D eigenvalue weighted by atomic mass is 10.0. The zero-order chi connectivity index (χ0) is 20.8. The van der Waals surface area contributed by atoms with Gasteiger partial charge in [0, 0.05) is 18.0 Å². The SMILES string of the molecule is COc1ccc(OC)c(NC(=O)c2cncc(Nc3ccccc3C(C)C)c2)c1. The van der Waals surface area contributed by atoms with Crippen molar-refractivity contribution in [2.45, 2.75) is 19.8 Å². The molecule has 0 unspecified atom stereocenters. The first-order valence-corrected chi connectivity index (χ1v) is 9.36. The molecule has 1 heterocycles. The summed E-state index contributed by atoms with van der Waals surface area (Å²) in [7, 11) is 3.12. The number of carbonyl (C=O) groups is 1. The predicted molar refractivity (Wildman–Crippen MR) is 116 cm³/mol. The van der Waals surface area contributed by atoms with Crippen LogP contribution in [0.1, 0.15) is 35.7 Å². The fourth-order valence-electron chi connectivity index (χ4n) is 3.01. The Kier molecular flexibility index (Phi) is 6.34. The van der Waals surface area contributed by atoms with Gasteiger partial charge in [-0.2, -0.15) is 0 Å². The number of hydrogen-bond acceptors (Lipinski definition) is 5. The Hall–Kier alpha value is -3.54. The van der Waals surface area contributed by atoms with Gasteiger partial charge in [0.15, 0.2) is 0 Å². The van der Waals surface area contributed by atoms with E-state index in [1.165, 1.54) is 11.8 Å². The monoisotopic (exact) mass is 391 g/mol. The van der Waals surface area contributed by atoms with E-state index in [0.29, 0.717) is 28.7 Å². The zero-order valence-corrected chi connectivity index (χ0v) is 17.0. The van der Waals surface area contributed by atoms with Crippen LogP contribution < -0.4 is 20.1 Å². The summed E-state index contributed by atoms with van der Waals surface area (Å²) in [6.45, 7) is 4.29. The second-order valence-electron chi connectivity index (χ2n) is 6.85. The van der Waals surface area contributed by atoms with Crippen molar-refractivity contribution in [1.82, 2.24) is 4.98 Å². The summed E-state index contributed by atoms with van der Waals surface area (Å²) in [5.74, 6) is 1.26. The van der Waals surface area contributed by atoms with Gasteiger partial charge in [-0.05, 0) is 35.7 Å². The van der Waals surface area contributed by atoms with Gasteiger partial charge < -0.3 is 20.1 Å². The van der Waals surface area contributed by atoms with Crippen molar-refractivity contribution in [3.63, 3.8) is 0 Å². The lowest BCUT2D eigenvalue weighted by Crippen LogP contribution is -2.13. The number of aromatic nitrogens is 1. The number of ether oxygens (including phenoxy) is 2. The number of carbonyl (C=O) groups excluding carboxylic acids is 1. The molecular formula is C23H25N3O3. The molecule has 6 heteroatoms. The first kappa shape index (κ1) is 20.2. The molecule has 0 aliphatic rings. The number of anilines is 3. The smallest absolute Gasteiger partial charge is 0.257 e.